The number of esters is 1. The van der Waals surface area contributed by atoms with E-state index in [0.717, 1.165) is 14.2 Å². The van der Waals surface area contributed by atoms with Gasteiger partial charge in [-0.3, -0.25) is 4.79 Å². The van der Waals surface area contributed by atoms with Crippen LogP contribution in [0, 0.1) is 5.82 Å². The fourth-order valence-corrected chi connectivity index (χ4v) is 1.20. The van der Waals surface area contributed by atoms with Crippen LogP contribution in [-0.2, 0) is 16.0 Å². The van der Waals surface area contributed by atoms with Crippen LogP contribution < -0.4 is 4.74 Å². The summed E-state index contributed by atoms with van der Waals surface area (Å²) in [6, 6.07) is 0.606. The van der Waals surface area contributed by atoms with Gasteiger partial charge in [-0.15, -0.1) is 0 Å². The monoisotopic (exact) mass is 249 g/mol. The van der Waals surface area contributed by atoms with Crippen LogP contribution in [0.1, 0.15) is 17.7 Å². The summed E-state index contributed by atoms with van der Waals surface area (Å²) >= 11 is 0. The highest BCUT2D eigenvalue weighted by Crippen LogP contribution is 2.26. The van der Waals surface area contributed by atoms with Gasteiger partial charge in [0.1, 0.15) is 0 Å². The molecule has 0 N–H and O–H groups in total. The third-order valence-electron chi connectivity index (χ3n) is 2.02. The summed E-state index contributed by atoms with van der Waals surface area (Å²) in [5, 5.41) is 0. The van der Waals surface area contributed by atoms with Gasteiger partial charge in [-0.2, -0.15) is 0 Å². The van der Waals surface area contributed by atoms with Crippen molar-refractivity contribution in [1.82, 2.24) is 4.98 Å². The lowest BCUT2D eigenvalue weighted by Crippen LogP contribution is -2.10. The minimum atomic E-state index is -2.93. The van der Waals surface area contributed by atoms with E-state index in [1.807, 2.05) is 0 Å². The molecule has 7 heteroatoms. The zero-order valence-corrected chi connectivity index (χ0v) is 9.17. The van der Waals surface area contributed by atoms with Crippen molar-refractivity contribution in [1.29, 1.82) is 0 Å². The Kier molecular flexibility index (Phi) is 4.30. The molecule has 0 saturated heterocycles. The van der Waals surface area contributed by atoms with Crippen molar-refractivity contribution in [3.05, 3.63) is 23.1 Å². The summed E-state index contributed by atoms with van der Waals surface area (Å²) in [5.74, 6) is -2.18. The highest BCUT2D eigenvalue weighted by molar-refractivity contribution is 5.72. The summed E-state index contributed by atoms with van der Waals surface area (Å²) in [4.78, 5) is 14.5. The Morgan fingerprint density at radius 2 is 2.12 bits per heavy atom. The molecule has 0 saturated carbocycles. The van der Waals surface area contributed by atoms with Gasteiger partial charge in [0.05, 0.1) is 26.3 Å². The van der Waals surface area contributed by atoms with E-state index in [1.165, 1.54) is 0 Å². The lowest BCUT2D eigenvalue weighted by atomic mass is 10.1. The van der Waals surface area contributed by atoms with Crippen molar-refractivity contribution in [3.63, 3.8) is 0 Å². The number of carbonyl (C=O) groups is 1. The maximum Gasteiger partial charge on any atom is 0.311 e. The molecule has 4 nitrogen and oxygen atoms in total. The van der Waals surface area contributed by atoms with E-state index in [-0.39, 0.29) is 5.69 Å². The quantitative estimate of drug-likeness (QED) is 0.764. The maximum absolute atomic E-state index is 13.2. The molecule has 94 valence electrons. The van der Waals surface area contributed by atoms with Gasteiger partial charge < -0.3 is 9.47 Å². The second kappa shape index (κ2) is 5.51. The Hall–Kier alpha value is -1.79. The number of methoxy groups -OCH3 is 2. The highest BCUT2D eigenvalue weighted by atomic mass is 19.3. The fraction of sp³-hybridized carbons (Fsp3) is 0.400. The van der Waals surface area contributed by atoms with Gasteiger partial charge >= 0.3 is 5.97 Å². The lowest BCUT2D eigenvalue weighted by Gasteiger charge is -2.09. The van der Waals surface area contributed by atoms with Crippen LogP contribution in [0.2, 0.25) is 0 Å². The third kappa shape index (κ3) is 3.08. The van der Waals surface area contributed by atoms with Gasteiger partial charge in [0.25, 0.3) is 6.43 Å². The van der Waals surface area contributed by atoms with Crippen LogP contribution >= 0.6 is 0 Å². The first kappa shape index (κ1) is 13.3. The Morgan fingerprint density at radius 3 is 2.59 bits per heavy atom. The average Bonchev–Trinajstić information content (AvgIpc) is 2.30. The summed E-state index contributed by atoms with van der Waals surface area (Å²) in [5.41, 5.74) is -0.904. The van der Waals surface area contributed by atoms with Gasteiger partial charge in [0, 0.05) is 5.56 Å². The number of alkyl halides is 2. The van der Waals surface area contributed by atoms with Crippen LogP contribution in [-0.4, -0.2) is 25.2 Å². The third-order valence-corrected chi connectivity index (χ3v) is 2.02. The fourth-order valence-electron chi connectivity index (χ4n) is 1.20. The van der Waals surface area contributed by atoms with Crippen molar-refractivity contribution in [3.8, 4) is 5.88 Å². The number of hydrogen-bond donors (Lipinski definition) is 0. The number of carbonyl (C=O) groups excluding carboxylic acids is 1. The minimum absolute atomic E-state index is 0.259. The predicted octanol–water partition coefficient (Wildman–Crippen LogP) is 1.88. The molecule has 1 heterocycles. The van der Waals surface area contributed by atoms with E-state index < -0.39 is 36.1 Å². The van der Waals surface area contributed by atoms with Gasteiger partial charge in [0.2, 0.25) is 5.88 Å². The van der Waals surface area contributed by atoms with E-state index in [0.29, 0.717) is 6.07 Å². The average molecular weight is 249 g/mol. The molecule has 0 aliphatic rings. The molecule has 0 radical (unpaired) electrons. The molecule has 0 amide bonds. The minimum Gasteiger partial charge on any atom is -0.479 e. The largest absolute Gasteiger partial charge is 0.479 e. The standard InChI is InChI=1S/C10H10F3NO3/c1-16-8(15)4-7-5(9(12)13)3-6(11)10(14-7)17-2/h3,9H,4H2,1-2H3. The van der Waals surface area contributed by atoms with Gasteiger partial charge in [-0.25, -0.2) is 18.2 Å². The highest BCUT2D eigenvalue weighted by Gasteiger charge is 2.21. The molecule has 1 rings (SSSR count). The number of rotatable bonds is 4. The number of halogens is 3. The first-order valence-corrected chi connectivity index (χ1v) is 4.57. The Balaban J connectivity index is 3.19. The molecule has 0 aliphatic heterocycles. The Bertz CT molecular complexity index is 424. The first-order chi connectivity index (χ1) is 7.99. The zero-order chi connectivity index (χ0) is 13.0. The summed E-state index contributed by atoms with van der Waals surface area (Å²) in [6.07, 6.45) is -3.39. The Labute approximate surface area is 95.4 Å². The number of ether oxygens (including phenoxy) is 2. The van der Waals surface area contributed by atoms with Crippen molar-refractivity contribution in [2.45, 2.75) is 12.8 Å². The summed E-state index contributed by atoms with van der Waals surface area (Å²) in [7, 11) is 2.26. The van der Waals surface area contributed by atoms with Crippen LogP contribution in [0.5, 0.6) is 5.88 Å². The summed E-state index contributed by atoms with van der Waals surface area (Å²) < 4.78 is 47.3. The molecule has 1 aromatic rings. The second-order valence-corrected chi connectivity index (χ2v) is 3.07. The number of aromatic nitrogens is 1. The molecular formula is C10H10F3NO3. The normalized spacial score (nSPS) is 10.5. The molecule has 0 unspecified atom stereocenters. The molecule has 17 heavy (non-hydrogen) atoms. The van der Waals surface area contributed by atoms with Crippen LogP contribution in [0.3, 0.4) is 0 Å². The smallest absolute Gasteiger partial charge is 0.311 e. The van der Waals surface area contributed by atoms with Crippen molar-refractivity contribution in [2.24, 2.45) is 0 Å². The van der Waals surface area contributed by atoms with E-state index in [9.17, 15) is 18.0 Å². The van der Waals surface area contributed by atoms with Gasteiger partial charge in [0.15, 0.2) is 5.82 Å². The lowest BCUT2D eigenvalue weighted by molar-refractivity contribution is -0.139. The van der Waals surface area contributed by atoms with Gasteiger partial charge in [-0.05, 0) is 6.07 Å². The second-order valence-electron chi connectivity index (χ2n) is 3.07. The van der Waals surface area contributed by atoms with Crippen LogP contribution in [0.25, 0.3) is 0 Å². The predicted molar refractivity (Wildman–Crippen MR) is 51.4 cm³/mol. The maximum atomic E-state index is 13.2. The van der Waals surface area contributed by atoms with Crippen LogP contribution in [0.15, 0.2) is 6.07 Å². The van der Waals surface area contributed by atoms with Crippen molar-refractivity contribution >= 4 is 5.97 Å². The van der Waals surface area contributed by atoms with E-state index in [4.69, 9.17) is 0 Å². The summed E-state index contributed by atoms with van der Waals surface area (Å²) in [6.45, 7) is 0. The number of hydrogen-bond acceptors (Lipinski definition) is 4. The van der Waals surface area contributed by atoms with Gasteiger partial charge in [-0.1, -0.05) is 0 Å². The topological polar surface area (TPSA) is 48.4 Å². The Morgan fingerprint density at radius 1 is 1.47 bits per heavy atom. The molecule has 0 bridgehead atoms. The first-order valence-electron chi connectivity index (χ1n) is 4.57. The molecule has 0 spiro atoms. The molecule has 0 aromatic carbocycles. The SMILES string of the molecule is COC(=O)Cc1nc(OC)c(F)cc1C(F)F. The van der Waals surface area contributed by atoms with E-state index >= 15 is 0 Å². The molecular weight excluding hydrogens is 239 g/mol. The number of nitrogens with zero attached hydrogens (tertiary/aromatic N) is 1. The molecule has 0 atom stereocenters. The van der Waals surface area contributed by atoms with Crippen LogP contribution in [0.4, 0.5) is 13.2 Å². The zero-order valence-electron chi connectivity index (χ0n) is 9.17. The van der Waals surface area contributed by atoms with E-state index in [2.05, 4.69) is 14.5 Å². The molecule has 0 aliphatic carbocycles. The van der Waals surface area contributed by atoms with Crippen molar-refractivity contribution in [2.75, 3.05) is 14.2 Å². The van der Waals surface area contributed by atoms with E-state index in [1.54, 1.807) is 0 Å². The molecule has 0 fully saturated rings. The van der Waals surface area contributed by atoms with Crippen molar-refractivity contribution < 1.29 is 27.4 Å². The molecule has 1 aromatic heterocycles. The number of pyridine rings is 1.